The lowest BCUT2D eigenvalue weighted by atomic mass is 10.1. The third-order valence-corrected chi connectivity index (χ3v) is 6.42. The Balaban J connectivity index is 1.57. The van der Waals surface area contributed by atoms with Crippen molar-refractivity contribution >= 4 is 44.5 Å². The molecular weight excluding hydrogens is 414 g/mol. The number of amides is 1. The van der Waals surface area contributed by atoms with Crippen LogP contribution >= 0.6 is 11.3 Å². The molecule has 5 rings (SSSR count). The van der Waals surface area contributed by atoms with E-state index in [2.05, 4.69) is 26.0 Å². The summed E-state index contributed by atoms with van der Waals surface area (Å²) in [5, 5.41) is 0.632. The number of amidine groups is 1. The predicted octanol–water partition coefficient (Wildman–Crippen LogP) is 6.30. The maximum absolute atomic E-state index is 13.4. The number of benzene rings is 3. The summed E-state index contributed by atoms with van der Waals surface area (Å²) in [4.78, 5) is 24.5. The number of hydrogen-bond acceptors (Lipinski definition) is 4. The number of aryl methyl sites for hydroxylation is 2. The van der Waals surface area contributed by atoms with Gasteiger partial charge in [0.2, 0.25) is 0 Å². The Morgan fingerprint density at radius 1 is 0.906 bits per heavy atom. The number of carbonyl (C=O) groups excluding carboxylic acids is 1. The van der Waals surface area contributed by atoms with E-state index in [1.54, 1.807) is 11.0 Å². The molecule has 32 heavy (non-hydrogen) atoms. The maximum Gasteiger partial charge on any atom is 0.284 e. The van der Waals surface area contributed by atoms with Crippen LogP contribution in [0.4, 0.5) is 5.13 Å². The van der Waals surface area contributed by atoms with E-state index in [0.717, 1.165) is 21.3 Å². The van der Waals surface area contributed by atoms with Gasteiger partial charge in [-0.2, -0.15) is 0 Å². The van der Waals surface area contributed by atoms with Crippen LogP contribution in [0.2, 0.25) is 0 Å². The van der Waals surface area contributed by atoms with Crippen molar-refractivity contribution < 1.29 is 4.79 Å². The Morgan fingerprint density at radius 2 is 1.59 bits per heavy atom. The van der Waals surface area contributed by atoms with Crippen molar-refractivity contribution in [2.75, 3.05) is 4.90 Å². The first-order chi connectivity index (χ1) is 15.6. The highest BCUT2D eigenvalue weighted by Gasteiger charge is 2.34. The molecular formula is C27H21N3OS. The zero-order valence-corrected chi connectivity index (χ0v) is 18.6. The number of nitrogens with zero attached hydrogens (tertiary/aromatic N) is 3. The van der Waals surface area contributed by atoms with Crippen molar-refractivity contribution in [2.45, 2.75) is 13.8 Å². The lowest BCUT2D eigenvalue weighted by Gasteiger charge is -2.14. The van der Waals surface area contributed by atoms with Crippen molar-refractivity contribution in [3.8, 4) is 0 Å². The largest absolute Gasteiger partial charge is 0.284 e. The summed E-state index contributed by atoms with van der Waals surface area (Å²) in [5.74, 6) is 0.427. The molecule has 0 unspecified atom stereocenters. The zero-order valence-electron chi connectivity index (χ0n) is 17.8. The fourth-order valence-corrected chi connectivity index (χ4v) is 4.61. The van der Waals surface area contributed by atoms with Crippen LogP contribution in [-0.4, -0.2) is 16.7 Å². The van der Waals surface area contributed by atoms with Crippen LogP contribution in [0, 0.1) is 13.8 Å². The van der Waals surface area contributed by atoms with Crippen molar-refractivity contribution in [1.82, 2.24) is 4.98 Å². The van der Waals surface area contributed by atoms with E-state index in [1.165, 1.54) is 22.5 Å². The zero-order chi connectivity index (χ0) is 22.1. The van der Waals surface area contributed by atoms with Gasteiger partial charge in [0.25, 0.3) is 5.91 Å². The molecule has 0 saturated heterocycles. The van der Waals surface area contributed by atoms with Crippen molar-refractivity contribution in [2.24, 2.45) is 4.99 Å². The van der Waals surface area contributed by atoms with Crippen molar-refractivity contribution in [1.29, 1.82) is 0 Å². The van der Waals surface area contributed by atoms with E-state index < -0.39 is 0 Å². The summed E-state index contributed by atoms with van der Waals surface area (Å²) in [5.41, 5.74) is 5.63. The molecule has 5 heteroatoms. The average Bonchev–Trinajstić information content (AvgIpc) is 3.35. The lowest BCUT2D eigenvalue weighted by Crippen LogP contribution is -2.32. The Labute approximate surface area is 190 Å². The maximum atomic E-state index is 13.4. The molecule has 1 aliphatic rings. The van der Waals surface area contributed by atoms with E-state index in [4.69, 9.17) is 9.98 Å². The number of thiazole rings is 1. The summed E-state index contributed by atoms with van der Waals surface area (Å²) in [7, 11) is 0. The number of fused-ring (bicyclic) bond motifs is 1. The molecule has 4 nitrogen and oxygen atoms in total. The van der Waals surface area contributed by atoms with Gasteiger partial charge in [0.1, 0.15) is 11.5 Å². The molecule has 0 radical (unpaired) electrons. The number of carbonyl (C=O) groups is 1. The minimum absolute atomic E-state index is 0.172. The molecule has 0 bridgehead atoms. The van der Waals surface area contributed by atoms with Crippen LogP contribution in [0.1, 0.15) is 22.3 Å². The second-order valence-corrected chi connectivity index (χ2v) is 8.67. The van der Waals surface area contributed by atoms with Crippen LogP contribution in [0.3, 0.4) is 0 Å². The average molecular weight is 436 g/mol. The Morgan fingerprint density at radius 3 is 2.34 bits per heavy atom. The first-order valence-electron chi connectivity index (χ1n) is 10.4. The van der Waals surface area contributed by atoms with Gasteiger partial charge in [0, 0.05) is 5.56 Å². The quantitative estimate of drug-likeness (QED) is 0.353. The fourth-order valence-electron chi connectivity index (χ4n) is 3.57. The Bertz CT molecular complexity index is 1360. The molecule has 0 fully saturated rings. The van der Waals surface area contributed by atoms with Gasteiger partial charge in [-0.25, -0.2) is 14.9 Å². The summed E-state index contributed by atoms with van der Waals surface area (Å²) in [6.07, 6.45) is 5.59. The molecule has 0 N–H and O–H groups in total. The van der Waals surface area contributed by atoms with Gasteiger partial charge < -0.3 is 0 Å². The lowest BCUT2D eigenvalue weighted by molar-refractivity contribution is -0.113. The van der Waals surface area contributed by atoms with E-state index >= 15 is 0 Å². The molecule has 4 aromatic rings. The minimum Gasteiger partial charge on any atom is -0.266 e. The van der Waals surface area contributed by atoms with E-state index in [-0.39, 0.29) is 5.91 Å². The van der Waals surface area contributed by atoms with Gasteiger partial charge in [0.05, 0.1) is 10.2 Å². The molecule has 0 saturated carbocycles. The van der Waals surface area contributed by atoms with Crippen LogP contribution in [0.25, 0.3) is 16.3 Å². The highest BCUT2D eigenvalue weighted by Crippen LogP contribution is 2.34. The molecule has 156 valence electrons. The van der Waals surface area contributed by atoms with Crippen molar-refractivity contribution in [3.63, 3.8) is 0 Å². The van der Waals surface area contributed by atoms with E-state index in [0.29, 0.717) is 16.7 Å². The normalized spacial score (nSPS) is 15.3. The molecule has 3 aromatic carbocycles. The first-order valence-corrected chi connectivity index (χ1v) is 11.2. The first kappa shape index (κ1) is 20.1. The summed E-state index contributed by atoms with van der Waals surface area (Å²) in [6.45, 7) is 4.16. The van der Waals surface area contributed by atoms with Crippen LogP contribution in [-0.2, 0) is 4.79 Å². The number of rotatable bonds is 4. The van der Waals surface area contributed by atoms with Crippen LogP contribution in [0.15, 0.2) is 95.6 Å². The van der Waals surface area contributed by atoms with Gasteiger partial charge in [0.15, 0.2) is 5.13 Å². The molecule has 0 aliphatic carbocycles. The second-order valence-electron chi connectivity index (χ2n) is 7.66. The summed E-state index contributed by atoms with van der Waals surface area (Å²) in [6, 6.07) is 23.9. The summed E-state index contributed by atoms with van der Waals surface area (Å²) < 4.78 is 1.06. The number of allylic oxidation sites excluding steroid dienone is 2. The second kappa shape index (κ2) is 8.36. The number of aromatic nitrogens is 1. The highest BCUT2D eigenvalue weighted by molar-refractivity contribution is 7.22. The molecule has 1 amide bonds. The monoisotopic (exact) mass is 435 g/mol. The highest BCUT2D eigenvalue weighted by atomic mass is 32.1. The molecule has 1 aliphatic heterocycles. The molecule has 2 heterocycles. The third kappa shape index (κ3) is 3.79. The molecule has 0 spiro atoms. The SMILES string of the molecule is Cc1cc2nc(N3C(=O)/C(=C/C=C/c4ccccc4)N=C3c3ccccc3)sc2cc1C. The van der Waals surface area contributed by atoms with Gasteiger partial charge in [-0.15, -0.1) is 0 Å². The smallest absolute Gasteiger partial charge is 0.266 e. The third-order valence-electron chi connectivity index (χ3n) is 5.42. The minimum atomic E-state index is -0.172. The van der Waals surface area contributed by atoms with Crippen LogP contribution in [0.5, 0.6) is 0 Å². The Hall–Kier alpha value is -3.83. The van der Waals surface area contributed by atoms with E-state index in [1.807, 2.05) is 72.8 Å². The van der Waals surface area contributed by atoms with Crippen LogP contribution < -0.4 is 4.90 Å². The van der Waals surface area contributed by atoms with Gasteiger partial charge in [-0.05, 0) is 48.7 Å². The summed E-state index contributed by atoms with van der Waals surface area (Å²) >= 11 is 1.51. The molecule has 1 aromatic heterocycles. The topological polar surface area (TPSA) is 45.6 Å². The number of anilines is 1. The number of hydrogen-bond donors (Lipinski definition) is 0. The fraction of sp³-hybridized carbons (Fsp3) is 0.0741. The van der Waals surface area contributed by atoms with Crippen molar-refractivity contribution in [3.05, 3.63) is 113 Å². The molecule has 0 atom stereocenters. The number of aliphatic imine (C=N–C) groups is 1. The predicted molar refractivity (Wildman–Crippen MR) is 133 cm³/mol. The van der Waals surface area contributed by atoms with E-state index in [9.17, 15) is 4.79 Å². The van der Waals surface area contributed by atoms with Gasteiger partial charge in [-0.3, -0.25) is 4.79 Å². The Kier molecular flexibility index (Phi) is 5.25. The van der Waals surface area contributed by atoms with Gasteiger partial charge in [-0.1, -0.05) is 84.2 Å². The standard InChI is InChI=1S/C27H21N3OS/c1-18-16-23-24(17-19(18)2)32-27(29-23)30-25(21-13-7-4-8-14-21)28-22(26(30)31)15-9-12-20-10-5-3-6-11-20/h3-17H,1-2H3/b12-9+,22-15-. The van der Waals surface area contributed by atoms with Gasteiger partial charge >= 0.3 is 0 Å².